The van der Waals surface area contributed by atoms with Crippen LogP contribution in [-0.2, 0) is 10.0 Å². The Morgan fingerprint density at radius 1 is 1.15 bits per heavy atom. The number of hydrogen-bond donors (Lipinski definition) is 3. The van der Waals surface area contributed by atoms with Crippen molar-refractivity contribution in [3.8, 4) is 0 Å². The summed E-state index contributed by atoms with van der Waals surface area (Å²) in [4.78, 5) is 7.94. The average molecular weight is 309 g/mol. The molecule has 0 spiro atoms. The van der Waals surface area contributed by atoms with E-state index in [1.165, 1.54) is 24.5 Å². The average Bonchev–Trinajstić information content (AvgIpc) is 2.39. The van der Waals surface area contributed by atoms with E-state index < -0.39 is 10.0 Å². The lowest BCUT2D eigenvalue weighted by molar-refractivity contribution is 0.598. The molecule has 0 aliphatic carbocycles. The number of anilines is 2. The van der Waals surface area contributed by atoms with Crippen molar-refractivity contribution in [2.24, 2.45) is 5.14 Å². The largest absolute Gasteiger partial charge is 0.332 e. The monoisotopic (exact) mass is 309 g/mol. The highest BCUT2D eigenvalue weighted by molar-refractivity contribution is 7.89. The second kappa shape index (κ2) is 5.90. The maximum atomic E-state index is 11.1. The number of nitrogens with one attached hydrogen (secondary N) is 2. The fraction of sp³-hybridized carbons (Fsp3) is 0. The molecule has 104 valence electrons. The van der Waals surface area contributed by atoms with E-state index in [1.54, 1.807) is 18.3 Å². The molecule has 20 heavy (non-hydrogen) atoms. The molecule has 2 aromatic rings. The highest BCUT2D eigenvalue weighted by Gasteiger charge is 2.07. The van der Waals surface area contributed by atoms with E-state index in [0.717, 1.165) is 0 Å². The second-order valence-corrected chi connectivity index (χ2v) is 5.71. The summed E-state index contributed by atoms with van der Waals surface area (Å²) in [7, 11) is -3.69. The van der Waals surface area contributed by atoms with E-state index in [1.807, 2.05) is 0 Å². The van der Waals surface area contributed by atoms with Crippen LogP contribution in [0.2, 0.25) is 0 Å². The lowest BCUT2D eigenvalue weighted by atomic mass is 10.3. The number of hydrogen-bond acceptors (Lipinski definition) is 5. The zero-order valence-corrected chi connectivity index (χ0v) is 11.8. The number of thiocarbonyl (C=S) groups is 1. The van der Waals surface area contributed by atoms with Gasteiger partial charge < -0.3 is 10.6 Å². The van der Waals surface area contributed by atoms with Crippen molar-refractivity contribution < 1.29 is 8.42 Å². The zero-order valence-electron chi connectivity index (χ0n) is 10.1. The highest BCUT2D eigenvalue weighted by atomic mass is 32.2. The van der Waals surface area contributed by atoms with Gasteiger partial charge in [-0.2, -0.15) is 0 Å². The van der Waals surface area contributed by atoms with E-state index >= 15 is 0 Å². The fourth-order valence-electron chi connectivity index (χ4n) is 1.37. The van der Waals surface area contributed by atoms with Crippen LogP contribution in [0.3, 0.4) is 0 Å². The second-order valence-electron chi connectivity index (χ2n) is 3.74. The van der Waals surface area contributed by atoms with Gasteiger partial charge in [-0.25, -0.2) is 18.5 Å². The van der Waals surface area contributed by atoms with Gasteiger partial charge in [0.25, 0.3) is 0 Å². The molecule has 0 aliphatic heterocycles. The third-order valence-electron chi connectivity index (χ3n) is 2.25. The van der Waals surface area contributed by atoms with Crippen LogP contribution in [-0.4, -0.2) is 23.5 Å². The number of nitrogens with two attached hydrogens (primary N) is 1. The first-order valence-electron chi connectivity index (χ1n) is 5.42. The van der Waals surface area contributed by atoms with Gasteiger partial charge in [0.05, 0.1) is 11.1 Å². The zero-order chi connectivity index (χ0) is 14.6. The van der Waals surface area contributed by atoms with Crippen molar-refractivity contribution in [2.75, 3.05) is 10.6 Å². The maximum absolute atomic E-state index is 11.1. The molecule has 2 rings (SSSR count). The van der Waals surface area contributed by atoms with Crippen LogP contribution in [0.5, 0.6) is 0 Å². The Morgan fingerprint density at radius 2 is 1.85 bits per heavy atom. The summed E-state index contributed by atoms with van der Waals surface area (Å²) in [5.41, 5.74) is 0.624. The van der Waals surface area contributed by atoms with Crippen molar-refractivity contribution in [2.45, 2.75) is 4.90 Å². The summed E-state index contributed by atoms with van der Waals surface area (Å²) in [6, 6.07) is 5.90. The van der Waals surface area contributed by atoms with Crippen LogP contribution in [0, 0.1) is 0 Å². The van der Waals surface area contributed by atoms with Crippen LogP contribution < -0.4 is 15.8 Å². The molecule has 7 nitrogen and oxygen atoms in total. The fourth-order valence-corrected chi connectivity index (χ4v) is 2.11. The number of benzene rings is 1. The van der Waals surface area contributed by atoms with Gasteiger partial charge in [0.1, 0.15) is 0 Å². The lowest BCUT2D eigenvalue weighted by Gasteiger charge is -2.09. The molecule has 1 heterocycles. The van der Waals surface area contributed by atoms with Crippen molar-refractivity contribution in [3.63, 3.8) is 0 Å². The molecule has 4 N–H and O–H groups in total. The minimum atomic E-state index is -3.69. The van der Waals surface area contributed by atoms with E-state index in [-0.39, 0.29) is 4.90 Å². The normalized spacial score (nSPS) is 10.8. The predicted molar refractivity (Wildman–Crippen MR) is 79.7 cm³/mol. The molecule has 9 heteroatoms. The Labute approximate surface area is 121 Å². The minimum absolute atomic E-state index is 0.0378. The smallest absolute Gasteiger partial charge is 0.238 e. The highest BCUT2D eigenvalue weighted by Crippen LogP contribution is 2.13. The quantitative estimate of drug-likeness (QED) is 0.723. The van der Waals surface area contributed by atoms with Crippen LogP contribution >= 0.6 is 12.2 Å². The van der Waals surface area contributed by atoms with Crippen molar-refractivity contribution in [3.05, 3.63) is 42.9 Å². The maximum Gasteiger partial charge on any atom is 0.238 e. The Hall–Kier alpha value is -2.10. The number of sulfonamides is 1. The topological polar surface area (TPSA) is 110 Å². The minimum Gasteiger partial charge on any atom is -0.332 e. The van der Waals surface area contributed by atoms with Crippen molar-refractivity contribution in [1.82, 2.24) is 9.97 Å². The lowest BCUT2D eigenvalue weighted by Crippen LogP contribution is -2.20. The molecule has 0 bridgehead atoms. The molecular formula is C11H11N5O2S2. The van der Waals surface area contributed by atoms with Crippen LogP contribution in [0.15, 0.2) is 47.8 Å². The number of rotatable bonds is 3. The molecule has 1 aromatic heterocycles. The number of primary sulfonamides is 1. The first-order chi connectivity index (χ1) is 9.45. The Kier molecular flexibility index (Phi) is 4.23. The van der Waals surface area contributed by atoms with E-state index in [4.69, 9.17) is 17.4 Å². The molecule has 0 aliphatic rings. The summed E-state index contributed by atoms with van der Waals surface area (Å²) in [5, 5.41) is 11.0. The number of nitrogens with zero attached hydrogens (tertiary/aromatic N) is 2. The third-order valence-corrected chi connectivity index (χ3v) is 3.38. The van der Waals surface area contributed by atoms with Crippen LogP contribution in [0.25, 0.3) is 0 Å². The van der Waals surface area contributed by atoms with Gasteiger partial charge in [-0.15, -0.1) is 0 Å². The SMILES string of the molecule is NS(=O)(=O)c1ccc(NC(=S)Nc2cnccn2)cc1. The standard InChI is InChI=1S/C11H11N5O2S2/c12-20(17,18)9-3-1-8(2-4-9)15-11(19)16-10-7-13-5-6-14-10/h1-7H,(H2,12,17,18)(H2,14,15,16,19). The van der Waals surface area contributed by atoms with Gasteiger partial charge in [-0.3, -0.25) is 4.98 Å². The van der Waals surface area contributed by atoms with Gasteiger partial charge in [-0.05, 0) is 36.5 Å². The van der Waals surface area contributed by atoms with Crippen molar-refractivity contribution >= 4 is 38.9 Å². The number of aromatic nitrogens is 2. The first kappa shape index (κ1) is 14.3. The van der Waals surface area contributed by atoms with E-state index in [2.05, 4.69) is 20.6 Å². The third kappa shape index (κ3) is 3.95. The van der Waals surface area contributed by atoms with Gasteiger partial charge in [0.15, 0.2) is 10.9 Å². The molecule has 0 radical (unpaired) electrons. The predicted octanol–water partition coefficient (Wildman–Crippen LogP) is 0.933. The molecule has 0 fully saturated rings. The summed E-state index contributed by atoms with van der Waals surface area (Å²) < 4.78 is 22.2. The van der Waals surface area contributed by atoms with Gasteiger partial charge in [0, 0.05) is 18.1 Å². The van der Waals surface area contributed by atoms with Gasteiger partial charge in [0.2, 0.25) is 10.0 Å². The molecule has 0 unspecified atom stereocenters. The Morgan fingerprint density at radius 3 is 2.40 bits per heavy atom. The van der Waals surface area contributed by atoms with E-state index in [9.17, 15) is 8.42 Å². The Bertz CT molecular complexity index is 701. The molecular weight excluding hydrogens is 298 g/mol. The van der Waals surface area contributed by atoms with Crippen LogP contribution in [0.1, 0.15) is 0 Å². The summed E-state index contributed by atoms with van der Waals surface area (Å²) in [6.45, 7) is 0. The first-order valence-corrected chi connectivity index (χ1v) is 7.37. The molecule has 0 atom stereocenters. The summed E-state index contributed by atoms with van der Waals surface area (Å²) in [5.74, 6) is 0.506. The summed E-state index contributed by atoms with van der Waals surface area (Å²) >= 11 is 5.09. The molecule has 0 saturated heterocycles. The van der Waals surface area contributed by atoms with E-state index in [0.29, 0.717) is 16.6 Å². The van der Waals surface area contributed by atoms with Gasteiger partial charge in [-0.1, -0.05) is 0 Å². The molecule has 1 aromatic carbocycles. The van der Waals surface area contributed by atoms with Crippen molar-refractivity contribution in [1.29, 1.82) is 0 Å². The molecule has 0 saturated carbocycles. The molecule has 0 amide bonds. The summed E-state index contributed by atoms with van der Waals surface area (Å²) in [6.07, 6.45) is 4.61. The van der Waals surface area contributed by atoms with Gasteiger partial charge >= 0.3 is 0 Å². The van der Waals surface area contributed by atoms with Crippen LogP contribution in [0.4, 0.5) is 11.5 Å². The Balaban J connectivity index is 2.02.